The van der Waals surface area contributed by atoms with Gasteiger partial charge in [-0.1, -0.05) is 18.2 Å². The summed E-state index contributed by atoms with van der Waals surface area (Å²) in [6.45, 7) is 7.34. The first-order valence-corrected chi connectivity index (χ1v) is 11.0. The number of carbonyl (C=O) groups is 2. The van der Waals surface area contributed by atoms with Crippen molar-refractivity contribution in [3.05, 3.63) is 52.2 Å². The van der Waals surface area contributed by atoms with Crippen molar-refractivity contribution in [2.45, 2.75) is 39.3 Å². The van der Waals surface area contributed by atoms with Gasteiger partial charge in [0, 0.05) is 24.0 Å². The van der Waals surface area contributed by atoms with Gasteiger partial charge in [0.2, 0.25) is 5.91 Å². The highest BCUT2D eigenvalue weighted by atomic mass is 32.1. The number of rotatable bonds is 7. The van der Waals surface area contributed by atoms with Crippen molar-refractivity contribution in [3.8, 4) is 5.75 Å². The summed E-state index contributed by atoms with van der Waals surface area (Å²) in [5.41, 5.74) is 1.15. The van der Waals surface area contributed by atoms with Crippen LogP contribution in [0.2, 0.25) is 0 Å². The molecule has 3 amide bonds. The molecule has 0 fully saturated rings. The molecule has 2 heterocycles. The van der Waals surface area contributed by atoms with E-state index in [1.165, 1.54) is 4.88 Å². The normalized spacial score (nSPS) is 15.7. The summed E-state index contributed by atoms with van der Waals surface area (Å²) in [5, 5.41) is 4.87. The minimum absolute atomic E-state index is 0.0523. The summed E-state index contributed by atoms with van der Waals surface area (Å²) < 4.78 is 6.01. The average Bonchev–Trinajstić information content (AvgIpc) is 3.19. The predicted molar refractivity (Wildman–Crippen MR) is 115 cm³/mol. The van der Waals surface area contributed by atoms with Crippen LogP contribution in [0.5, 0.6) is 5.75 Å². The highest BCUT2D eigenvalue weighted by molar-refractivity contribution is 7.10. The molecular formula is C22H29N3O3S. The van der Waals surface area contributed by atoms with Gasteiger partial charge >= 0.3 is 6.03 Å². The first kappa shape index (κ1) is 21.2. The third-order valence-electron chi connectivity index (χ3n) is 5.08. The molecule has 2 aromatic rings. The van der Waals surface area contributed by atoms with Crippen molar-refractivity contribution in [3.63, 3.8) is 0 Å². The zero-order chi connectivity index (χ0) is 20.8. The fraction of sp³-hybridized carbons (Fsp3) is 0.455. The fourth-order valence-corrected chi connectivity index (χ4v) is 4.47. The molecule has 1 aromatic heterocycles. The van der Waals surface area contributed by atoms with Crippen molar-refractivity contribution >= 4 is 23.3 Å². The second-order valence-electron chi connectivity index (χ2n) is 7.33. The van der Waals surface area contributed by atoms with Crippen LogP contribution in [-0.2, 0) is 11.2 Å². The molecule has 156 valence electrons. The van der Waals surface area contributed by atoms with Gasteiger partial charge in [-0.3, -0.25) is 4.79 Å². The van der Waals surface area contributed by atoms with E-state index in [2.05, 4.69) is 16.8 Å². The van der Waals surface area contributed by atoms with Gasteiger partial charge in [-0.15, -0.1) is 11.3 Å². The first-order valence-electron chi connectivity index (χ1n) is 10.1. The van der Waals surface area contributed by atoms with Gasteiger partial charge < -0.3 is 19.9 Å². The largest absolute Gasteiger partial charge is 0.491 e. The van der Waals surface area contributed by atoms with Crippen LogP contribution in [0.3, 0.4) is 0 Å². The lowest BCUT2D eigenvalue weighted by molar-refractivity contribution is -0.135. The molecular weight excluding hydrogens is 386 g/mol. The third-order valence-corrected chi connectivity index (χ3v) is 6.08. The number of carbonyl (C=O) groups excluding carboxylic acids is 2. The maximum Gasteiger partial charge on any atom is 0.318 e. The number of nitrogens with zero attached hydrogens (tertiary/aromatic N) is 2. The lowest BCUT2D eigenvalue weighted by atomic mass is 10.0. The number of nitrogens with one attached hydrogen (secondary N) is 1. The quantitative estimate of drug-likeness (QED) is 0.750. The monoisotopic (exact) mass is 415 g/mol. The molecule has 1 aliphatic rings. The molecule has 1 atom stereocenters. The van der Waals surface area contributed by atoms with Crippen LogP contribution in [0, 0.1) is 0 Å². The van der Waals surface area contributed by atoms with E-state index < -0.39 is 0 Å². The Morgan fingerprint density at radius 2 is 2.03 bits per heavy atom. The Kier molecular flexibility index (Phi) is 7.14. The van der Waals surface area contributed by atoms with Crippen LogP contribution in [0.4, 0.5) is 4.79 Å². The van der Waals surface area contributed by atoms with Crippen LogP contribution in [-0.4, -0.2) is 54.0 Å². The van der Waals surface area contributed by atoms with Gasteiger partial charge in [0.05, 0.1) is 6.04 Å². The standard InChI is InChI=1S/C22H29N3O3S/c1-4-23-22(27)25(16(2)3)14-21(26)24-12-10-20-18(11-13-29-20)19(24)15-28-17-8-6-5-7-9-17/h5-9,11,13,16,19H,4,10,12,14-15H2,1-3H3,(H,23,27). The second kappa shape index (κ2) is 9.78. The van der Waals surface area contributed by atoms with Gasteiger partial charge in [0.25, 0.3) is 0 Å². The Hall–Kier alpha value is -2.54. The highest BCUT2D eigenvalue weighted by Gasteiger charge is 2.33. The van der Waals surface area contributed by atoms with Crippen molar-refractivity contribution < 1.29 is 14.3 Å². The van der Waals surface area contributed by atoms with E-state index in [1.54, 1.807) is 16.2 Å². The van der Waals surface area contributed by atoms with Crippen molar-refractivity contribution in [1.82, 2.24) is 15.1 Å². The Balaban J connectivity index is 1.76. The Morgan fingerprint density at radius 1 is 1.28 bits per heavy atom. The van der Waals surface area contributed by atoms with E-state index in [0.29, 0.717) is 19.7 Å². The van der Waals surface area contributed by atoms with E-state index >= 15 is 0 Å². The van der Waals surface area contributed by atoms with Gasteiger partial charge in [0.1, 0.15) is 18.9 Å². The van der Waals surface area contributed by atoms with Crippen LogP contribution in [0.1, 0.15) is 37.3 Å². The molecule has 0 spiro atoms. The average molecular weight is 416 g/mol. The Labute approximate surface area is 176 Å². The topological polar surface area (TPSA) is 61.9 Å². The summed E-state index contributed by atoms with van der Waals surface area (Å²) in [4.78, 5) is 30.4. The molecule has 29 heavy (non-hydrogen) atoms. The zero-order valence-electron chi connectivity index (χ0n) is 17.3. The van der Waals surface area contributed by atoms with Crippen molar-refractivity contribution in [1.29, 1.82) is 0 Å². The molecule has 0 bridgehead atoms. The van der Waals surface area contributed by atoms with Crippen LogP contribution in [0.25, 0.3) is 0 Å². The maximum atomic E-state index is 13.2. The number of fused-ring (bicyclic) bond motifs is 1. The minimum Gasteiger partial charge on any atom is -0.491 e. The van der Waals surface area contributed by atoms with E-state index in [4.69, 9.17) is 4.74 Å². The number of hydrogen-bond donors (Lipinski definition) is 1. The number of ether oxygens (including phenoxy) is 1. The summed E-state index contributed by atoms with van der Waals surface area (Å²) >= 11 is 1.73. The van der Waals surface area contributed by atoms with E-state index in [0.717, 1.165) is 17.7 Å². The SMILES string of the molecule is CCNC(=O)N(CC(=O)N1CCc2sccc2C1COc1ccccc1)C(C)C. The smallest absolute Gasteiger partial charge is 0.318 e. The Bertz CT molecular complexity index is 822. The number of urea groups is 1. The molecule has 1 aliphatic heterocycles. The van der Waals surface area contributed by atoms with Crippen molar-refractivity contribution in [2.75, 3.05) is 26.2 Å². The van der Waals surface area contributed by atoms with Crippen LogP contribution >= 0.6 is 11.3 Å². The Morgan fingerprint density at radius 3 is 2.72 bits per heavy atom. The zero-order valence-corrected chi connectivity index (χ0v) is 18.1. The summed E-state index contributed by atoms with van der Waals surface area (Å²) in [7, 11) is 0. The number of benzene rings is 1. The van der Waals surface area contributed by atoms with Gasteiger partial charge in [-0.25, -0.2) is 4.79 Å². The molecule has 0 saturated carbocycles. The predicted octanol–water partition coefficient (Wildman–Crippen LogP) is 3.69. The summed E-state index contributed by atoms with van der Waals surface area (Å²) in [5.74, 6) is 0.733. The molecule has 7 heteroatoms. The van der Waals surface area contributed by atoms with Gasteiger partial charge in [-0.05, 0) is 56.3 Å². The van der Waals surface area contributed by atoms with E-state index in [9.17, 15) is 9.59 Å². The van der Waals surface area contributed by atoms with Crippen LogP contribution in [0.15, 0.2) is 41.8 Å². The maximum absolute atomic E-state index is 13.2. The lowest BCUT2D eigenvalue weighted by Gasteiger charge is -2.37. The second-order valence-corrected chi connectivity index (χ2v) is 8.33. The van der Waals surface area contributed by atoms with Crippen LogP contribution < -0.4 is 10.1 Å². The molecule has 6 nitrogen and oxygen atoms in total. The molecule has 0 aliphatic carbocycles. The van der Waals surface area contributed by atoms with E-state index in [-0.39, 0.29) is 30.6 Å². The number of amides is 3. The third kappa shape index (κ3) is 5.09. The first-order chi connectivity index (χ1) is 14.0. The number of hydrogen-bond acceptors (Lipinski definition) is 4. The van der Waals surface area contributed by atoms with Gasteiger partial charge in [-0.2, -0.15) is 0 Å². The summed E-state index contributed by atoms with van der Waals surface area (Å²) in [6, 6.07) is 11.3. The molecule has 0 saturated heterocycles. The lowest BCUT2D eigenvalue weighted by Crippen LogP contribution is -2.51. The van der Waals surface area contributed by atoms with Crippen molar-refractivity contribution in [2.24, 2.45) is 0 Å². The molecule has 3 rings (SSSR count). The highest BCUT2D eigenvalue weighted by Crippen LogP contribution is 2.34. The minimum atomic E-state index is -0.207. The molecule has 1 aromatic carbocycles. The molecule has 0 radical (unpaired) electrons. The molecule has 1 N–H and O–H groups in total. The number of para-hydroxylation sites is 1. The number of thiophene rings is 1. The molecule has 1 unspecified atom stereocenters. The van der Waals surface area contributed by atoms with Gasteiger partial charge in [0.15, 0.2) is 0 Å². The summed E-state index contributed by atoms with van der Waals surface area (Å²) in [6.07, 6.45) is 0.837. The van der Waals surface area contributed by atoms with E-state index in [1.807, 2.05) is 56.0 Å². The fourth-order valence-electron chi connectivity index (χ4n) is 3.54.